The molecule has 1 aromatic heterocycles. The van der Waals surface area contributed by atoms with Gasteiger partial charge in [-0.15, -0.1) is 0 Å². The van der Waals surface area contributed by atoms with Gasteiger partial charge < -0.3 is 9.64 Å². The van der Waals surface area contributed by atoms with Crippen molar-refractivity contribution in [3.63, 3.8) is 0 Å². The zero-order valence-electron chi connectivity index (χ0n) is 11.4. The van der Waals surface area contributed by atoms with Crippen molar-refractivity contribution in [1.29, 1.82) is 0 Å². The third kappa shape index (κ3) is 2.86. The number of hydrogen-bond donors (Lipinski definition) is 0. The molecule has 0 radical (unpaired) electrons. The van der Waals surface area contributed by atoms with Crippen molar-refractivity contribution in [1.82, 2.24) is 4.98 Å². The van der Waals surface area contributed by atoms with Gasteiger partial charge in [0.15, 0.2) is 0 Å². The van der Waals surface area contributed by atoms with Crippen LogP contribution < -0.4 is 4.90 Å². The molecule has 0 saturated carbocycles. The van der Waals surface area contributed by atoms with E-state index in [4.69, 9.17) is 4.74 Å². The van der Waals surface area contributed by atoms with Crippen LogP contribution in [0.1, 0.15) is 18.6 Å². The lowest BCUT2D eigenvalue weighted by atomic mass is 10.1. The number of nitrogens with zero attached hydrogens (tertiary/aromatic N) is 2. The van der Waals surface area contributed by atoms with Gasteiger partial charge in [0.2, 0.25) is 0 Å². The Morgan fingerprint density at radius 3 is 2.75 bits per heavy atom. The van der Waals surface area contributed by atoms with Crippen molar-refractivity contribution >= 4 is 21.6 Å². The molecule has 3 rings (SSSR count). The van der Waals surface area contributed by atoms with Gasteiger partial charge in [-0.05, 0) is 34.5 Å². The van der Waals surface area contributed by atoms with E-state index in [1.807, 2.05) is 24.5 Å². The molecule has 0 spiro atoms. The third-order valence-corrected chi connectivity index (χ3v) is 4.13. The summed E-state index contributed by atoms with van der Waals surface area (Å²) in [5.41, 5.74) is 2.41. The minimum atomic E-state index is 0.111. The van der Waals surface area contributed by atoms with E-state index in [9.17, 15) is 0 Å². The van der Waals surface area contributed by atoms with Gasteiger partial charge in [0, 0.05) is 25.5 Å². The van der Waals surface area contributed by atoms with E-state index in [0.717, 1.165) is 17.6 Å². The molecular weight excluding hydrogens is 316 g/mol. The van der Waals surface area contributed by atoms with E-state index in [0.29, 0.717) is 0 Å². The van der Waals surface area contributed by atoms with Gasteiger partial charge in [0.05, 0.1) is 16.3 Å². The summed E-state index contributed by atoms with van der Waals surface area (Å²) < 4.78 is 7.12. The molecule has 1 aromatic carbocycles. The molecule has 2 heterocycles. The Labute approximate surface area is 127 Å². The molecule has 104 valence electrons. The molecular formula is C16H17BrN2O. The van der Waals surface area contributed by atoms with Crippen LogP contribution in [0, 0.1) is 0 Å². The topological polar surface area (TPSA) is 25.4 Å². The maximum atomic E-state index is 6.09. The first-order valence-electron chi connectivity index (χ1n) is 6.79. The first kappa shape index (κ1) is 13.6. The number of ether oxygens (including phenoxy) is 1. The summed E-state index contributed by atoms with van der Waals surface area (Å²) in [6.07, 6.45) is 3.99. The zero-order chi connectivity index (χ0) is 13.9. The normalized spacial score (nSPS) is 22.8. The zero-order valence-corrected chi connectivity index (χ0v) is 13.0. The van der Waals surface area contributed by atoms with Crippen molar-refractivity contribution < 1.29 is 4.74 Å². The molecule has 0 aliphatic carbocycles. The average Bonchev–Trinajstić information content (AvgIpc) is 2.48. The number of morpholine rings is 1. The molecule has 1 saturated heterocycles. The molecule has 0 bridgehead atoms. The Bertz CT molecular complexity index is 576. The number of halogens is 1. The highest BCUT2D eigenvalue weighted by molar-refractivity contribution is 9.10. The van der Waals surface area contributed by atoms with Gasteiger partial charge in [-0.2, -0.15) is 0 Å². The van der Waals surface area contributed by atoms with Crippen LogP contribution in [-0.4, -0.2) is 24.2 Å². The lowest BCUT2D eigenvalue weighted by molar-refractivity contribution is -0.0174. The van der Waals surface area contributed by atoms with Crippen molar-refractivity contribution in [3.05, 3.63) is 58.8 Å². The minimum absolute atomic E-state index is 0.111. The van der Waals surface area contributed by atoms with Crippen molar-refractivity contribution in [2.75, 3.05) is 18.0 Å². The summed E-state index contributed by atoms with van der Waals surface area (Å²) in [4.78, 5) is 6.49. The molecule has 20 heavy (non-hydrogen) atoms. The van der Waals surface area contributed by atoms with Crippen LogP contribution in [0.15, 0.2) is 53.3 Å². The van der Waals surface area contributed by atoms with Crippen LogP contribution in [0.5, 0.6) is 0 Å². The van der Waals surface area contributed by atoms with Crippen LogP contribution >= 0.6 is 15.9 Å². The fourth-order valence-electron chi connectivity index (χ4n) is 2.62. The van der Waals surface area contributed by atoms with Gasteiger partial charge in [0.1, 0.15) is 6.10 Å². The second-order valence-corrected chi connectivity index (χ2v) is 5.93. The summed E-state index contributed by atoms with van der Waals surface area (Å²) in [5.74, 6) is 0. The molecule has 4 heteroatoms. The lowest BCUT2D eigenvalue weighted by Crippen LogP contribution is -2.43. The SMILES string of the molecule is CC1CN(c2ccncc2Br)CC(c2ccccc2)O1. The minimum Gasteiger partial charge on any atom is -0.367 e. The molecule has 2 atom stereocenters. The maximum absolute atomic E-state index is 6.09. The van der Waals surface area contributed by atoms with Crippen LogP contribution in [0.3, 0.4) is 0 Å². The van der Waals surface area contributed by atoms with Crippen LogP contribution in [-0.2, 0) is 4.74 Å². The monoisotopic (exact) mass is 332 g/mol. The largest absolute Gasteiger partial charge is 0.367 e. The quantitative estimate of drug-likeness (QED) is 0.836. The second-order valence-electron chi connectivity index (χ2n) is 5.08. The predicted molar refractivity (Wildman–Crippen MR) is 83.9 cm³/mol. The van der Waals surface area contributed by atoms with Gasteiger partial charge in [0.25, 0.3) is 0 Å². The van der Waals surface area contributed by atoms with E-state index >= 15 is 0 Å². The van der Waals surface area contributed by atoms with Gasteiger partial charge in [-0.1, -0.05) is 30.3 Å². The summed E-state index contributed by atoms with van der Waals surface area (Å²) >= 11 is 3.58. The summed E-state index contributed by atoms with van der Waals surface area (Å²) in [5, 5.41) is 0. The Morgan fingerprint density at radius 2 is 2.00 bits per heavy atom. The number of pyridine rings is 1. The van der Waals surface area contributed by atoms with Gasteiger partial charge >= 0.3 is 0 Å². The summed E-state index contributed by atoms with van der Waals surface area (Å²) in [6, 6.07) is 12.5. The lowest BCUT2D eigenvalue weighted by Gasteiger charge is -2.38. The van der Waals surface area contributed by atoms with Crippen molar-refractivity contribution in [2.24, 2.45) is 0 Å². The number of rotatable bonds is 2. The standard InChI is InChI=1S/C16H17BrN2O/c1-12-10-19(15-7-8-18-9-14(15)17)11-16(20-12)13-5-3-2-4-6-13/h2-9,12,16H,10-11H2,1H3. The van der Waals surface area contributed by atoms with E-state index in [1.165, 1.54) is 11.3 Å². The van der Waals surface area contributed by atoms with Crippen molar-refractivity contribution in [2.45, 2.75) is 19.1 Å². The molecule has 0 amide bonds. The number of hydrogen-bond acceptors (Lipinski definition) is 3. The summed E-state index contributed by atoms with van der Waals surface area (Å²) in [7, 11) is 0. The molecule has 1 fully saturated rings. The van der Waals surface area contributed by atoms with Crippen LogP contribution in [0.25, 0.3) is 0 Å². The first-order chi connectivity index (χ1) is 9.74. The van der Waals surface area contributed by atoms with Crippen molar-refractivity contribution in [3.8, 4) is 0 Å². The molecule has 3 nitrogen and oxygen atoms in total. The highest BCUT2D eigenvalue weighted by Gasteiger charge is 2.27. The fourth-order valence-corrected chi connectivity index (χ4v) is 3.13. The Hall–Kier alpha value is -1.39. The average molecular weight is 333 g/mol. The molecule has 0 N–H and O–H groups in total. The fraction of sp³-hybridized carbons (Fsp3) is 0.312. The number of anilines is 1. The van der Waals surface area contributed by atoms with E-state index in [1.54, 1.807) is 0 Å². The van der Waals surface area contributed by atoms with Gasteiger partial charge in [-0.25, -0.2) is 0 Å². The van der Waals surface area contributed by atoms with E-state index < -0.39 is 0 Å². The predicted octanol–water partition coefficient (Wildman–Crippen LogP) is 3.81. The third-order valence-electron chi connectivity index (χ3n) is 3.52. The van der Waals surface area contributed by atoms with Crippen LogP contribution in [0.2, 0.25) is 0 Å². The smallest absolute Gasteiger partial charge is 0.100 e. The van der Waals surface area contributed by atoms with Gasteiger partial charge in [-0.3, -0.25) is 4.98 Å². The van der Waals surface area contributed by atoms with E-state index in [-0.39, 0.29) is 12.2 Å². The Balaban J connectivity index is 1.85. The Kier molecular flexibility index (Phi) is 4.03. The molecule has 2 unspecified atom stereocenters. The maximum Gasteiger partial charge on any atom is 0.100 e. The highest BCUT2D eigenvalue weighted by Crippen LogP contribution is 2.32. The molecule has 2 aromatic rings. The Morgan fingerprint density at radius 1 is 1.20 bits per heavy atom. The van der Waals surface area contributed by atoms with E-state index in [2.05, 4.69) is 57.0 Å². The number of benzene rings is 1. The van der Waals surface area contributed by atoms with Crippen LogP contribution in [0.4, 0.5) is 5.69 Å². The molecule has 1 aliphatic heterocycles. The molecule has 1 aliphatic rings. The number of aromatic nitrogens is 1. The summed E-state index contributed by atoms with van der Waals surface area (Å²) in [6.45, 7) is 3.88. The first-order valence-corrected chi connectivity index (χ1v) is 7.58. The highest BCUT2D eigenvalue weighted by atomic mass is 79.9. The second kappa shape index (κ2) is 5.94.